The Bertz CT molecular complexity index is 1180. The highest BCUT2D eigenvalue weighted by molar-refractivity contribution is 6.01. The summed E-state index contributed by atoms with van der Waals surface area (Å²) < 4.78 is 10.3. The minimum absolute atomic E-state index is 0.229. The summed E-state index contributed by atoms with van der Waals surface area (Å²) in [5.74, 6) is 0.706. The number of aldehydes is 1. The van der Waals surface area contributed by atoms with Gasteiger partial charge in [0.15, 0.2) is 6.29 Å². The number of aryl methyl sites for hydroxylation is 1. The third-order valence-corrected chi connectivity index (χ3v) is 6.60. The van der Waals surface area contributed by atoms with Crippen LogP contribution in [0.15, 0.2) is 18.3 Å². The topological polar surface area (TPSA) is 153 Å². The Hall–Kier alpha value is -3.63. The number of nitriles is 1. The number of anilines is 3. The molecule has 12 nitrogen and oxygen atoms in total. The maximum absolute atomic E-state index is 13.2. The first kappa shape index (κ1) is 26.4. The fraction of sp³-hybridized carbons (Fsp3) is 0.480. The normalized spacial score (nSPS) is 19.2. The zero-order valence-electron chi connectivity index (χ0n) is 20.9. The largest absolute Gasteiger partial charge is 0.383 e. The number of carbonyl (C=O) groups is 2. The Morgan fingerprint density at radius 3 is 2.89 bits per heavy atom. The number of nitrogens with zero attached hydrogens (tertiary/aromatic N) is 5. The van der Waals surface area contributed by atoms with Crippen LogP contribution in [0.25, 0.3) is 0 Å². The quantitative estimate of drug-likeness (QED) is 0.336. The van der Waals surface area contributed by atoms with Crippen LogP contribution in [0.4, 0.5) is 22.1 Å². The standard InChI is InChI=1S/C25H31N7O5/c1-36-9-6-27-19-11-22(28-13-18(19)12-26)30-25(35)32-7-3-4-16-10-17(20(15-33)29-23(16)32)14-31-8-5-21(37-2)24(31)34/h10-11,13,15,21,24,34H,3-9,14H2,1-2H3,(H2,27,28,30,35)/t21-,24?/m0/s1. The zero-order valence-corrected chi connectivity index (χ0v) is 20.9. The molecule has 2 aromatic rings. The molecule has 2 atom stereocenters. The molecule has 0 aromatic carbocycles. The van der Waals surface area contributed by atoms with Gasteiger partial charge in [0.2, 0.25) is 0 Å². The summed E-state index contributed by atoms with van der Waals surface area (Å²) in [7, 11) is 3.15. The number of aliphatic hydroxyl groups is 1. The Morgan fingerprint density at radius 1 is 1.35 bits per heavy atom. The SMILES string of the molecule is COCCNc1cc(NC(=O)N2CCCc3cc(CN4CC[C@H](OC)C4O)c(C=O)nc32)ncc1C#N. The number of amides is 2. The summed E-state index contributed by atoms with van der Waals surface area (Å²) in [5.41, 5.74) is 2.67. The number of nitrogens with one attached hydrogen (secondary N) is 2. The number of ether oxygens (including phenoxy) is 2. The van der Waals surface area contributed by atoms with Crippen LogP contribution in [0.1, 0.15) is 40.0 Å². The molecule has 1 fully saturated rings. The van der Waals surface area contributed by atoms with Gasteiger partial charge in [0, 0.05) is 52.7 Å². The first-order valence-corrected chi connectivity index (χ1v) is 12.1. The van der Waals surface area contributed by atoms with Gasteiger partial charge in [0.1, 0.15) is 29.6 Å². The smallest absolute Gasteiger partial charge is 0.328 e. The van der Waals surface area contributed by atoms with Crippen LogP contribution in [0, 0.1) is 11.3 Å². The molecule has 4 heterocycles. The van der Waals surface area contributed by atoms with Crippen molar-refractivity contribution >= 4 is 29.6 Å². The molecule has 0 bridgehead atoms. The van der Waals surface area contributed by atoms with E-state index in [1.807, 2.05) is 11.0 Å². The second-order valence-corrected chi connectivity index (χ2v) is 8.91. The number of methoxy groups -OCH3 is 2. The van der Waals surface area contributed by atoms with Crippen LogP contribution in [0.2, 0.25) is 0 Å². The van der Waals surface area contributed by atoms with E-state index in [4.69, 9.17) is 9.47 Å². The molecule has 1 saturated heterocycles. The average Bonchev–Trinajstić information content (AvgIpc) is 3.26. The number of urea groups is 1. The van der Waals surface area contributed by atoms with E-state index in [0.29, 0.717) is 74.5 Å². The molecule has 1 unspecified atom stereocenters. The predicted octanol–water partition coefficient (Wildman–Crippen LogP) is 1.74. The fourth-order valence-corrected chi connectivity index (χ4v) is 4.65. The van der Waals surface area contributed by atoms with E-state index in [1.54, 1.807) is 20.3 Å². The number of pyridine rings is 2. The molecular formula is C25H31N7O5. The third-order valence-electron chi connectivity index (χ3n) is 6.60. The summed E-state index contributed by atoms with van der Waals surface area (Å²) in [6, 6.07) is 5.13. The predicted molar refractivity (Wildman–Crippen MR) is 135 cm³/mol. The lowest BCUT2D eigenvalue weighted by Gasteiger charge is -2.30. The van der Waals surface area contributed by atoms with Gasteiger partial charge in [-0.15, -0.1) is 0 Å². The number of carbonyl (C=O) groups excluding carboxylic acids is 2. The summed E-state index contributed by atoms with van der Waals surface area (Å²) in [4.78, 5) is 37.2. The minimum Gasteiger partial charge on any atom is -0.383 e. The van der Waals surface area contributed by atoms with Crippen LogP contribution in [-0.4, -0.2) is 85.1 Å². The van der Waals surface area contributed by atoms with Crippen LogP contribution < -0.4 is 15.5 Å². The number of aliphatic hydroxyl groups excluding tert-OH is 1. The van der Waals surface area contributed by atoms with Crippen molar-refractivity contribution in [2.75, 3.05) is 56.0 Å². The zero-order chi connectivity index (χ0) is 26.4. The van der Waals surface area contributed by atoms with Gasteiger partial charge < -0.3 is 19.9 Å². The molecule has 4 rings (SSSR count). The van der Waals surface area contributed by atoms with Gasteiger partial charge in [-0.2, -0.15) is 5.26 Å². The summed E-state index contributed by atoms with van der Waals surface area (Å²) >= 11 is 0. The lowest BCUT2D eigenvalue weighted by molar-refractivity contribution is -0.0565. The monoisotopic (exact) mass is 509 g/mol. The molecule has 3 N–H and O–H groups in total. The van der Waals surface area contributed by atoms with E-state index in [0.717, 1.165) is 12.0 Å². The molecule has 2 aromatic heterocycles. The van der Waals surface area contributed by atoms with Gasteiger partial charge in [-0.1, -0.05) is 0 Å². The molecule has 37 heavy (non-hydrogen) atoms. The van der Waals surface area contributed by atoms with Gasteiger partial charge in [-0.05, 0) is 36.5 Å². The van der Waals surface area contributed by atoms with Gasteiger partial charge in [0.05, 0.1) is 24.0 Å². The molecule has 0 radical (unpaired) electrons. The van der Waals surface area contributed by atoms with Crippen LogP contribution in [-0.2, 0) is 22.4 Å². The van der Waals surface area contributed by atoms with Crippen LogP contribution >= 0.6 is 0 Å². The van der Waals surface area contributed by atoms with E-state index < -0.39 is 12.3 Å². The molecule has 0 spiro atoms. The molecular weight excluding hydrogens is 478 g/mol. The lowest BCUT2D eigenvalue weighted by atomic mass is 10.0. The molecule has 0 aliphatic carbocycles. The first-order valence-electron chi connectivity index (χ1n) is 12.1. The number of aromatic nitrogens is 2. The number of fused-ring (bicyclic) bond motifs is 1. The third kappa shape index (κ3) is 5.86. The van der Waals surface area contributed by atoms with Gasteiger partial charge in [0.25, 0.3) is 0 Å². The Labute approximate surface area is 215 Å². The Morgan fingerprint density at radius 2 is 2.19 bits per heavy atom. The van der Waals surface area contributed by atoms with Crippen molar-refractivity contribution in [3.05, 3.63) is 40.7 Å². The van der Waals surface area contributed by atoms with Crippen molar-refractivity contribution in [1.82, 2.24) is 14.9 Å². The number of hydrogen-bond donors (Lipinski definition) is 3. The van der Waals surface area contributed by atoms with Crippen molar-refractivity contribution in [2.24, 2.45) is 0 Å². The van der Waals surface area contributed by atoms with Gasteiger partial charge in [-0.3, -0.25) is 19.9 Å². The van der Waals surface area contributed by atoms with Crippen LogP contribution in [0.3, 0.4) is 0 Å². The van der Waals surface area contributed by atoms with E-state index in [2.05, 4.69) is 26.7 Å². The Balaban J connectivity index is 1.53. The lowest BCUT2D eigenvalue weighted by Crippen LogP contribution is -2.40. The Kier molecular flexibility index (Phi) is 8.62. The van der Waals surface area contributed by atoms with Gasteiger partial charge >= 0.3 is 6.03 Å². The maximum atomic E-state index is 13.2. The van der Waals surface area contributed by atoms with E-state index in [9.17, 15) is 20.0 Å². The van der Waals surface area contributed by atoms with Gasteiger partial charge in [-0.25, -0.2) is 14.8 Å². The van der Waals surface area contributed by atoms with E-state index in [1.165, 1.54) is 11.1 Å². The number of hydrogen-bond acceptors (Lipinski definition) is 10. The second-order valence-electron chi connectivity index (χ2n) is 8.91. The van der Waals surface area contributed by atoms with Crippen molar-refractivity contribution < 1.29 is 24.2 Å². The molecule has 0 saturated carbocycles. The van der Waals surface area contributed by atoms with Crippen molar-refractivity contribution in [3.8, 4) is 6.07 Å². The van der Waals surface area contributed by atoms with Crippen molar-refractivity contribution in [1.29, 1.82) is 5.26 Å². The van der Waals surface area contributed by atoms with Crippen molar-refractivity contribution in [2.45, 2.75) is 38.1 Å². The minimum atomic E-state index is -0.753. The highest BCUT2D eigenvalue weighted by Gasteiger charge is 2.33. The number of rotatable bonds is 9. The van der Waals surface area contributed by atoms with Crippen LogP contribution in [0.5, 0.6) is 0 Å². The van der Waals surface area contributed by atoms with Crippen molar-refractivity contribution in [3.63, 3.8) is 0 Å². The highest BCUT2D eigenvalue weighted by atomic mass is 16.5. The van der Waals surface area contributed by atoms with E-state index >= 15 is 0 Å². The summed E-state index contributed by atoms with van der Waals surface area (Å²) in [6.45, 7) is 2.37. The molecule has 12 heteroatoms. The summed E-state index contributed by atoms with van der Waals surface area (Å²) in [6.07, 6.45) is 3.19. The first-order chi connectivity index (χ1) is 18.0. The summed E-state index contributed by atoms with van der Waals surface area (Å²) in [5, 5.41) is 25.7. The maximum Gasteiger partial charge on any atom is 0.328 e. The fourth-order valence-electron chi connectivity index (χ4n) is 4.65. The second kappa shape index (κ2) is 12.1. The molecule has 2 aliphatic heterocycles. The van der Waals surface area contributed by atoms with E-state index in [-0.39, 0.29) is 17.6 Å². The number of likely N-dealkylation sites (tertiary alicyclic amines) is 1. The average molecular weight is 510 g/mol. The molecule has 2 amide bonds. The molecule has 196 valence electrons. The molecule has 2 aliphatic rings. The highest BCUT2D eigenvalue weighted by Crippen LogP contribution is 2.30.